The molecule has 2 heterocycles. The summed E-state index contributed by atoms with van der Waals surface area (Å²) in [6.45, 7) is 0.819. The Labute approximate surface area is 189 Å². The molecule has 1 amide bonds. The summed E-state index contributed by atoms with van der Waals surface area (Å²) in [5, 5.41) is 10.3. The smallest absolute Gasteiger partial charge is 0.253 e. The minimum Gasteiger partial charge on any atom is -0.339 e. The Balaban J connectivity index is 1.44. The first-order valence-corrected chi connectivity index (χ1v) is 12.4. The van der Waals surface area contributed by atoms with Crippen LogP contribution in [0.1, 0.15) is 34.1 Å². The topological polar surface area (TPSA) is 103 Å². The first-order chi connectivity index (χ1) is 14.9. The fraction of sp³-hybridized carbons (Fsp3) is 0.286. The molecule has 1 fully saturated rings. The Morgan fingerprint density at radius 2 is 2.03 bits per heavy atom. The Morgan fingerprint density at radius 3 is 2.77 bits per heavy atom. The van der Waals surface area contributed by atoms with Crippen molar-refractivity contribution in [1.29, 1.82) is 5.26 Å². The number of nitrogens with zero attached hydrogens (tertiary/aromatic N) is 3. The second-order valence-electron chi connectivity index (χ2n) is 7.24. The van der Waals surface area contributed by atoms with Crippen LogP contribution in [0.5, 0.6) is 0 Å². The largest absolute Gasteiger partial charge is 0.339 e. The molecule has 1 aliphatic rings. The quantitative estimate of drug-likeness (QED) is 0.567. The zero-order valence-corrected chi connectivity index (χ0v) is 18.8. The Hall–Kier alpha value is -2.51. The number of sulfonamides is 1. The zero-order valence-electron chi connectivity index (χ0n) is 16.4. The molecule has 2 aromatic carbocycles. The maximum Gasteiger partial charge on any atom is 0.253 e. The number of fused-ring (bicyclic) bond motifs is 1. The number of amides is 1. The number of benzene rings is 2. The highest BCUT2D eigenvalue weighted by molar-refractivity contribution is 7.89. The summed E-state index contributed by atoms with van der Waals surface area (Å²) in [5.74, 6) is 0.0778. The number of carbonyl (C=O) groups is 1. The van der Waals surface area contributed by atoms with E-state index in [1.165, 1.54) is 18.2 Å². The van der Waals surface area contributed by atoms with Gasteiger partial charge in [0.1, 0.15) is 0 Å². The van der Waals surface area contributed by atoms with Crippen LogP contribution in [0.25, 0.3) is 10.2 Å². The van der Waals surface area contributed by atoms with Gasteiger partial charge in [0.05, 0.1) is 32.7 Å². The SMILES string of the molecule is N#CCNS(=O)(=O)c1cccc(C(=O)N2CCC(c3nc4cc(Cl)ccc4s3)CC2)c1. The highest BCUT2D eigenvalue weighted by Gasteiger charge is 2.27. The monoisotopic (exact) mass is 474 g/mol. The van der Waals surface area contributed by atoms with Crippen LogP contribution in [0, 0.1) is 11.3 Å². The minimum atomic E-state index is -3.83. The second kappa shape index (κ2) is 8.93. The van der Waals surface area contributed by atoms with Crippen molar-refractivity contribution in [1.82, 2.24) is 14.6 Å². The van der Waals surface area contributed by atoms with E-state index in [-0.39, 0.29) is 23.3 Å². The van der Waals surface area contributed by atoms with E-state index < -0.39 is 10.0 Å². The summed E-state index contributed by atoms with van der Waals surface area (Å²) in [5.41, 5.74) is 1.21. The van der Waals surface area contributed by atoms with Crippen molar-refractivity contribution in [3.05, 3.63) is 58.1 Å². The van der Waals surface area contributed by atoms with E-state index in [9.17, 15) is 13.2 Å². The molecule has 1 saturated heterocycles. The summed E-state index contributed by atoms with van der Waals surface area (Å²) in [7, 11) is -3.83. The lowest BCUT2D eigenvalue weighted by molar-refractivity contribution is 0.0712. The molecule has 0 saturated carbocycles. The van der Waals surface area contributed by atoms with Crippen LogP contribution in [0.2, 0.25) is 5.02 Å². The van der Waals surface area contributed by atoms with Crippen molar-refractivity contribution in [2.24, 2.45) is 0 Å². The van der Waals surface area contributed by atoms with Gasteiger partial charge >= 0.3 is 0 Å². The molecule has 7 nitrogen and oxygen atoms in total. The lowest BCUT2D eigenvalue weighted by Crippen LogP contribution is -2.38. The van der Waals surface area contributed by atoms with Gasteiger partial charge in [0.2, 0.25) is 10.0 Å². The summed E-state index contributed by atoms with van der Waals surface area (Å²) in [6, 6.07) is 13.3. The van der Waals surface area contributed by atoms with Crippen molar-refractivity contribution in [2.75, 3.05) is 19.6 Å². The van der Waals surface area contributed by atoms with Crippen molar-refractivity contribution in [3.8, 4) is 6.07 Å². The predicted molar refractivity (Wildman–Crippen MR) is 120 cm³/mol. The first-order valence-electron chi connectivity index (χ1n) is 9.69. The number of piperidine rings is 1. The standard InChI is InChI=1S/C21H19ClN4O3S2/c22-16-4-5-19-18(13-16)25-20(30-19)14-6-10-26(11-7-14)21(27)15-2-1-3-17(12-15)31(28,29)24-9-8-23/h1-5,12-14,24H,6-7,9-11H2. The fourth-order valence-electron chi connectivity index (χ4n) is 3.61. The van der Waals surface area contributed by atoms with E-state index in [0.29, 0.717) is 23.7 Å². The minimum absolute atomic E-state index is 0.0309. The van der Waals surface area contributed by atoms with Crippen LogP contribution in [0.15, 0.2) is 47.4 Å². The molecule has 160 valence electrons. The van der Waals surface area contributed by atoms with Gasteiger partial charge in [0.15, 0.2) is 0 Å². The molecule has 3 aromatic rings. The number of hydrogen-bond acceptors (Lipinski definition) is 6. The summed E-state index contributed by atoms with van der Waals surface area (Å²) in [4.78, 5) is 19.4. The van der Waals surface area contributed by atoms with Crippen molar-refractivity contribution >= 4 is 49.1 Å². The summed E-state index contributed by atoms with van der Waals surface area (Å²) in [6.07, 6.45) is 1.59. The molecular weight excluding hydrogens is 456 g/mol. The van der Waals surface area contributed by atoms with Crippen molar-refractivity contribution in [3.63, 3.8) is 0 Å². The number of likely N-dealkylation sites (tertiary alicyclic amines) is 1. The highest BCUT2D eigenvalue weighted by Crippen LogP contribution is 2.35. The van der Waals surface area contributed by atoms with E-state index in [0.717, 1.165) is 28.1 Å². The maximum atomic E-state index is 12.9. The third-order valence-electron chi connectivity index (χ3n) is 5.23. The van der Waals surface area contributed by atoms with Crippen molar-refractivity contribution < 1.29 is 13.2 Å². The highest BCUT2D eigenvalue weighted by atomic mass is 35.5. The summed E-state index contributed by atoms with van der Waals surface area (Å²) < 4.78 is 27.8. The third kappa shape index (κ3) is 4.72. The van der Waals surface area contributed by atoms with E-state index in [1.807, 2.05) is 18.2 Å². The fourth-order valence-corrected chi connectivity index (χ4v) is 5.86. The molecule has 0 spiro atoms. The Kier molecular flexibility index (Phi) is 6.25. The van der Waals surface area contributed by atoms with Crippen LogP contribution in [-0.4, -0.2) is 43.8 Å². The van der Waals surface area contributed by atoms with Crippen LogP contribution in [0.4, 0.5) is 0 Å². The Morgan fingerprint density at radius 1 is 1.26 bits per heavy atom. The van der Waals surface area contributed by atoms with Gasteiger partial charge in [-0.15, -0.1) is 11.3 Å². The van der Waals surface area contributed by atoms with Crippen molar-refractivity contribution in [2.45, 2.75) is 23.7 Å². The van der Waals surface area contributed by atoms with Gasteiger partial charge in [0.25, 0.3) is 5.91 Å². The van der Waals surface area contributed by atoms with Gasteiger partial charge in [-0.25, -0.2) is 13.4 Å². The number of nitrogens with one attached hydrogen (secondary N) is 1. The van der Waals surface area contributed by atoms with Crippen LogP contribution >= 0.6 is 22.9 Å². The number of hydrogen-bond donors (Lipinski definition) is 1. The molecule has 0 radical (unpaired) electrons. The lowest BCUT2D eigenvalue weighted by atomic mass is 9.97. The van der Waals surface area contributed by atoms with Crippen LogP contribution in [0.3, 0.4) is 0 Å². The van der Waals surface area contributed by atoms with Crippen LogP contribution in [-0.2, 0) is 10.0 Å². The van der Waals surface area contributed by atoms with Gasteiger partial charge in [-0.1, -0.05) is 17.7 Å². The van der Waals surface area contributed by atoms with Gasteiger partial charge in [-0.2, -0.15) is 9.98 Å². The van der Waals surface area contributed by atoms with E-state index in [2.05, 4.69) is 4.72 Å². The molecule has 0 unspecified atom stereocenters. The predicted octanol–water partition coefficient (Wildman–Crippen LogP) is 3.77. The second-order valence-corrected chi connectivity index (χ2v) is 10.5. The summed E-state index contributed by atoms with van der Waals surface area (Å²) >= 11 is 7.71. The third-order valence-corrected chi connectivity index (χ3v) is 8.06. The van der Waals surface area contributed by atoms with Gasteiger partial charge < -0.3 is 4.90 Å². The molecule has 1 N–H and O–H groups in total. The van der Waals surface area contributed by atoms with E-state index in [4.69, 9.17) is 21.8 Å². The number of halogens is 1. The van der Waals surface area contributed by atoms with E-state index in [1.54, 1.807) is 28.4 Å². The number of thiazole rings is 1. The van der Waals surface area contributed by atoms with E-state index >= 15 is 0 Å². The normalized spacial score (nSPS) is 15.2. The van der Waals surface area contributed by atoms with Gasteiger partial charge in [-0.05, 0) is 49.2 Å². The average Bonchev–Trinajstić information content (AvgIpc) is 3.20. The molecule has 10 heteroatoms. The van der Waals surface area contributed by atoms with Crippen LogP contribution < -0.4 is 4.72 Å². The number of rotatable bonds is 5. The molecule has 0 bridgehead atoms. The lowest BCUT2D eigenvalue weighted by Gasteiger charge is -2.31. The molecule has 0 aliphatic carbocycles. The zero-order chi connectivity index (χ0) is 22.0. The van der Waals surface area contributed by atoms with Gasteiger partial charge in [0, 0.05) is 29.6 Å². The molecule has 1 aliphatic heterocycles. The molecule has 0 atom stereocenters. The molecule has 4 rings (SSSR count). The Bertz CT molecular complexity index is 1280. The number of nitriles is 1. The first kappa shape index (κ1) is 21.7. The molecular formula is C21H19ClN4O3S2. The maximum absolute atomic E-state index is 12.9. The number of carbonyl (C=O) groups excluding carboxylic acids is 1. The average molecular weight is 475 g/mol. The van der Waals surface area contributed by atoms with Gasteiger partial charge in [-0.3, -0.25) is 4.79 Å². The molecule has 1 aromatic heterocycles. The molecule has 31 heavy (non-hydrogen) atoms. The number of aromatic nitrogens is 1.